The Bertz CT molecular complexity index is 819. The van der Waals surface area contributed by atoms with Crippen molar-refractivity contribution in [3.05, 3.63) is 29.1 Å². The van der Waals surface area contributed by atoms with E-state index in [-0.39, 0.29) is 12.8 Å². The molecule has 0 fully saturated rings. The smallest absolute Gasteiger partial charge is 0.203 e. The molecule has 2 unspecified atom stereocenters. The van der Waals surface area contributed by atoms with E-state index in [4.69, 9.17) is 0 Å². The lowest BCUT2D eigenvalue weighted by molar-refractivity contribution is -0.382. The monoisotopic (exact) mass is 544 g/mol. The molecule has 0 aliphatic heterocycles. The van der Waals surface area contributed by atoms with Crippen LogP contribution in [0, 0.1) is 35.0 Å². The molecule has 0 spiro atoms. The summed E-state index contributed by atoms with van der Waals surface area (Å²) in [7, 11) is -4.80. The molecule has 1 aromatic rings. The van der Waals surface area contributed by atoms with Crippen molar-refractivity contribution in [2.45, 2.75) is 69.6 Å². The summed E-state index contributed by atoms with van der Waals surface area (Å²) in [6.45, 7) is 3.20. The summed E-state index contributed by atoms with van der Waals surface area (Å²) >= 11 is 0. The van der Waals surface area contributed by atoms with Crippen molar-refractivity contribution >= 4 is 13.2 Å². The maximum Gasteiger partial charge on any atom is 0.460 e. The largest absolute Gasteiger partial charge is 0.460 e. The highest BCUT2D eigenvalue weighted by atomic mass is 31.1. The predicted molar refractivity (Wildman–Crippen MR) is 96.5 cm³/mol. The van der Waals surface area contributed by atoms with E-state index in [0.29, 0.717) is 12.8 Å². The summed E-state index contributed by atoms with van der Waals surface area (Å²) < 4.78 is 191. The Morgan fingerprint density at radius 1 is 0.647 bits per heavy atom. The topological polar surface area (TPSA) is 0 Å². The molecule has 0 amide bonds. The van der Waals surface area contributed by atoms with Crippen LogP contribution in [0.5, 0.6) is 0 Å². The lowest BCUT2D eigenvalue weighted by atomic mass is 9.97. The molecule has 0 aliphatic rings. The minimum absolute atomic E-state index is 0.168. The highest BCUT2D eigenvalue weighted by molar-refractivity contribution is 7.66. The summed E-state index contributed by atoms with van der Waals surface area (Å²) in [4.78, 5) is 0. The average Bonchev–Trinajstić information content (AvgIpc) is 2.73. The summed E-state index contributed by atoms with van der Waals surface area (Å²) in [6, 6.07) is 0. The molecule has 0 aromatic heterocycles. The lowest BCUT2D eigenvalue weighted by Gasteiger charge is -2.38. The molecule has 2 atom stereocenters. The van der Waals surface area contributed by atoms with Crippen LogP contribution in [-0.2, 0) is 0 Å². The number of rotatable bonds is 11. The molecular formula is C19H19F14P. The predicted octanol–water partition coefficient (Wildman–Crippen LogP) is 8.52. The zero-order valence-corrected chi connectivity index (χ0v) is 18.5. The second-order valence-electron chi connectivity index (χ2n) is 7.46. The van der Waals surface area contributed by atoms with E-state index in [2.05, 4.69) is 0 Å². The van der Waals surface area contributed by atoms with Gasteiger partial charge in [0.25, 0.3) is 0 Å². The van der Waals surface area contributed by atoms with Gasteiger partial charge in [-0.1, -0.05) is 39.5 Å². The number of hydrogen-bond donors (Lipinski definition) is 0. The van der Waals surface area contributed by atoms with Crippen LogP contribution in [-0.4, -0.2) is 29.8 Å². The first-order chi connectivity index (χ1) is 15.3. The summed E-state index contributed by atoms with van der Waals surface area (Å²) in [5, 5.41) is -2.53. The molecule has 1 aromatic carbocycles. The molecule has 1 rings (SSSR count). The van der Waals surface area contributed by atoms with Gasteiger partial charge in [-0.2, -0.15) is 39.5 Å². The van der Waals surface area contributed by atoms with E-state index < -0.39 is 84.5 Å². The normalized spacial score (nSPS) is 15.5. The first-order valence-corrected chi connectivity index (χ1v) is 11.3. The summed E-state index contributed by atoms with van der Waals surface area (Å²) in [5.74, 6) is -29.8. The van der Waals surface area contributed by atoms with Gasteiger partial charge in [0.2, 0.25) is 5.82 Å². The van der Waals surface area contributed by atoms with Crippen LogP contribution < -0.4 is 5.30 Å². The van der Waals surface area contributed by atoms with E-state index in [0.717, 1.165) is 0 Å². The fourth-order valence-corrected chi connectivity index (χ4v) is 5.67. The van der Waals surface area contributed by atoms with Crippen molar-refractivity contribution in [1.29, 1.82) is 0 Å². The van der Waals surface area contributed by atoms with Gasteiger partial charge in [0.05, 0.1) is 5.30 Å². The van der Waals surface area contributed by atoms with Gasteiger partial charge in [0.15, 0.2) is 23.3 Å². The van der Waals surface area contributed by atoms with Crippen molar-refractivity contribution in [1.82, 2.24) is 0 Å². The fraction of sp³-hybridized carbons (Fsp3) is 0.684. The van der Waals surface area contributed by atoms with E-state index in [9.17, 15) is 61.5 Å². The molecule has 0 heterocycles. The van der Waals surface area contributed by atoms with E-state index in [1.807, 2.05) is 0 Å². The lowest BCUT2D eigenvalue weighted by Crippen LogP contribution is -2.61. The number of halogens is 14. The Labute approximate surface area is 186 Å². The van der Waals surface area contributed by atoms with Crippen molar-refractivity contribution < 1.29 is 61.5 Å². The van der Waals surface area contributed by atoms with Crippen LogP contribution in [0.2, 0.25) is 0 Å². The quantitative estimate of drug-likeness (QED) is 0.113. The summed E-state index contributed by atoms with van der Waals surface area (Å²) in [6.07, 6.45) is -7.93. The van der Waals surface area contributed by atoms with Gasteiger partial charge >= 0.3 is 23.7 Å². The van der Waals surface area contributed by atoms with Crippen LogP contribution in [0.25, 0.3) is 0 Å². The van der Waals surface area contributed by atoms with Gasteiger partial charge in [-0.3, -0.25) is 0 Å². The van der Waals surface area contributed by atoms with Crippen LogP contribution in [0.3, 0.4) is 0 Å². The molecule has 0 saturated carbocycles. The third-order valence-electron chi connectivity index (χ3n) is 5.23. The minimum Gasteiger partial charge on any atom is -0.203 e. The second-order valence-corrected chi connectivity index (χ2v) is 9.78. The molecule has 198 valence electrons. The van der Waals surface area contributed by atoms with Crippen LogP contribution in [0.15, 0.2) is 0 Å². The Hall–Kier alpha value is -1.33. The van der Waals surface area contributed by atoms with E-state index in [1.54, 1.807) is 6.92 Å². The van der Waals surface area contributed by atoms with Gasteiger partial charge in [-0.25, -0.2) is 22.0 Å². The SMILES string of the molecule is CCCCC(CC)CCP(c1c(F)c(F)c(F)c(F)c1F)C(F)(F)C(F)(F)C(F)(F)C(F)(F)F. The van der Waals surface area contributed by atoms with Gasteiger partial charge < -0.3 is 0 Å². The molecule has 0 saturated heterocycles. The average molecular weight is 544 g/mol. The van der Waals surface area contributed by atoms with Crippen LogP contribution in [0.1, 0.15) is 46.0 Å². The van der Waals surface area contributed by atoms with Gasteiger partial charge in [0.1, 0.15) is 0 Å². The van der Waals surface area contributed by atoms with Crippen LogP contribution in [0.4, 0.5) is 61.5 Å². The van der Waals surface area contributed by atoms with Crippen molar-refractivity contribution in [2.24, 2.45) is 5.92 Å². The molecule has 0 N–H and O–H groups in total. The molecule has 0 radical (unpaired) electrons. The Kier molecular flexibility index (Phi) is 9.70. The Morgan fingerprint density at radius 2 is 1.09 bits per heavy atom. The van der Waals surface area contributed by atoms with E-state index >= 15 is 0 Å². The number of benzene rings is 1. The van der Waals surface area contributed by atoms with Crippen molar-refractivity contribution in [2.75, 3.05) is 6.16 Å². The van der Waals surface area contributed by atoms with Gasteiger partial charge in [-0.15, -0.1) is 0 Å². The minimum atomic E-state index is -7.39. The second kappa shape index (κ2) is 10.7. The molecule has 34 heavy (non-hydrogen) atoms. The third-order valence-corrected chi connectivity index (χ3v) is 7.82. The number of alkyl halides is 9. The summed E-state index contributed by atoms with van der Waals surface area (Å²) in [5.41, 5.74) is -6.53. The molecular weight excluding hydrogens is 525 g/mol. The maximum absolute atomic E-state index is 14.7. The molecule has 0 bridgehead atoms. The van der Waals surface area contributed by atoms with E-state index in [1.165, 1.54) is 6.92 Å². The first-order valence-electron chi connectivity index (χ1n) is 9.80. The van der Waals surface area contributed by atoms with Crippen molar-refractivity contribution in [3.63, 3.8) is 0 Å². The van der Waals surface area contributed by atoms with Gasteiger partial charge in [0, 0.05) is 7.92 Å². The van der Waals surface area contributed by atoms with Gasteiger partial charge in [-0.05, 0) is 18.5 Å². The fourth-order valence-electron chi connectivity index (χ4n) is 3.12. The standard InChI is InChI=1S/C19H19F14P/c1-3-5-6-9(4-2)7-8-34(15-13(23)11(21)10(20)12(22)14(15)24)19(32,33)17(27,28)16(25,26)18(29,30)31/h9H,3-8H2,1-2H3. The maximum atomic E-state index is 14.7. The number of hydrogen-bond acceptors (Lipinski definition) is 0. The Balaban J connectivity index is 3.77. The molecule has 0 nitrogen and oxygen atoms in total. The van der Waals surface area contributed by atoms with Crippen molar-refractivity contribution in [3.8, 4) is 0 Å². The zero-order chi connectivity index (χ0) is 26.9. The third kappa shape index (κ3) is 5.41. The highest BCUT2D eigenvalue weighted by Crippen LogP contribution is 2.65. The molecule has 15 heteroatoms. The van der Waals surface area contributed by atoms with Crippen LogP contribution >= 0.6 is 7.92 Å². The number of unbranched alkanes of at least 4 members (excludes halogenated alkanes) is 1. The zero-order valence-electron chi connectivity index (χ0n) is 17.6. The Morgan fingerprint density at radius 3 is 1.47 bits per heavy atom. The first kappa shape index (κ1) is 30.7. The molecule has 0 aliphatic carbocycles. The highest BCUT2D eigenvalue weighted by Gasteiger charge is 2.83.